The second kappa shape index (κ2) is 11.1. The van der Waals surface area contributed by atoms with Gasteiger partial charge in [-0.05, 0) is 56.7 Å². The third-order valence-electron chi connectivity index (χ3n) is 4.03. The third kappa shape index (κ3) is 5.91. The molecule has 9 nitrogen and oxygen atoms in total. The van der Waals surface area contributed by atoms with Gasteiger partial charge in [-0.2, -0.15) is 0 Å². The van der Waals surface area contributed by atoms with E-state index < -0.39 is 23.8 Å². The largest absolute Gasteiger partial charge is 0.467 e. The quantitative estimate of drug-likeness (QED) is 0.462. The lowest BCUT2D eigenvalue weighted by atomic mass is 10.0. The van der Waals surface area contributed by atoms with Crippen LogP contribution in [0.15, 0.2) is 35.1 Å². The number of carbonyl (C=O) groups excluding carboxylic acids is 2. The average molecular weight is 419 g/mol. The molecule has 1 N–H and O–H groups in total. The zero-order valence-corrected chi connectivity index (χ0v) is 17.4. The molecule has 0 spiro atoms. The van der Waals surface area contributed by atoms with Crippen molar-refractivity contribution in [3.05, 3.63) is 51.8 Å². The molecule has 0 aliphatic carbocycles. The van der Waals surface area contributed by atoms with Crippen molar-refractivity contribution in [1.82, 2.24) is 4.98 Å². The van der Waals surface area contributed by atoms with Crippen molar-refractivity contribution in [1.29, 1.82) is 0 Å². The fourth-order valence-electron chi connectivity index (χ4n) is 2.49. The Morgan fingerprint density at radius 1 is 1.03 bits per heavy atom. The van der Waals surface area contributed by atoms with E-state index in [-0.39, 0.29) is 31.1 Å². The van der Waals surface area contributed by atoms with Gasteiger partial charge in [0, 0.05) is 12.8 Å². The molecule has 0 saturated carbocycles. The summed E-state index contributed by atoms with van der Waals surface area (Å²) in [4.78, 5) is 39.7. The molecule has 1 aromatic carbocycles. The summed E-state index contributed by atoms with van der Waals surface area (Å²) < 4.78 is 25.6. The Morgan fingerprint density at radius 2 is 1.67 bits per heavy atom. The standard InChI is InChI=1S/C21H25NO8/c1-5-27-20(24)16-11-17(22-19(23)18(16)21(25)28-6-2)14-7-9-15(10-8-14)30-12-29-13(3)26-4/h7-11,13H,5-6,12H2,1-4H3,(H,22,23). The average Bonchev–Trinajstić information content (AvgIpc) is 2.73. The number of methoxy groups -OCH3 is 1. The van der Waals surface area contributed by atoms with Crippen molar-refractivity contribution in [2.75, 3.05) is 27.1 Å². The molecule has 0 saturated heterocycles. The van der Waals surface area contributed by atoms with Gasteiger partial charge >= 0.3 is 11.9 Å². The van der Waals surface area contributed by atoms with Gasteiger partial charge in [0.05, 0.1) is 18.8 Å². The number of carbonyl (C=O) groups is 2. The van der Waals surface area contributed by atoms with Crippen LogP contribution in [0.5, 0.6) is 5.75 Å². The van der Waals surface area contributed by atoms with Crippen LogP contribution in [0.4, 0.5) is 0 Å². The van der Waals surface area contributed by atoms with Crippen LogP contribution >= 0.6 is 0 Å². The van der Waals surface area contributed by atoms with E-state index in [0.29, 0.717) is 17.0 Å². The summed E-state index contributed by atoms with van der Waals surface area (Å²) in [5.74, 6) is -1.13. The minimum absolute atomic E-state index is 0.00638. The van der Waals surface area contributed by atoms with Crippen molar-refractivity contribution in [2.45, 2.75) is 27.1 Å². The number of aromatic nitrogens is 1. The van der Waals surface area contributed by atoms with E-state index >= 15 is 0 Å². The molecule has 0 fully saturated rings. The number of benzene rings is 1. The van der Waals surface area contributed by atoms with Crippen molar-refractivity contribution < 1.29 is 33.3 Å². The Bertz CT molecular complexity index is 920. The minimum atomic E-state index is -0.887. The van der Waals surface area contributed by atoms with E-state index in [1.165, 1.54) is 13.2 Å². The van der Waals surface area contributed by atoms with Crippen molar-refractivity contribution >= 4 is 11.9 Å². The van der Waals surface area contributed by atoms with Gasteiger partial charge in [-0.3, -0.25) is 4.79 Å². The van der Waals surface area contributed by atoms with Gasteiger partial charge in [-0.15, -0.1) is 0 Å². The van der Waals surface area contributed by atoms with Gasteiger partial charge in [0.15, 0.2) is 13.1 Å². The van der Waals surface area contributed by atoms with E-state index in [0.717, 1.165) is 0 Å². The van der Waals surface area contributed by atoms with E-state index in [1.807, 2.05) is 0 Å². The number of aromatic amines is 1. The number of H-pyrrole nitrogens is 1. The number of nitrogens with one attached hydrogen (secondary N) is 1. The first-order valence-electron chi connectivity index (χ1n) is 9.40. The van der Waals surface area contributed by atoms with E-state index in [9.17, 15) is 14.4 Å². The molecule has 1 aromatic heterocycles. The molecule has 0 amide bonds. The summed E-state index contributed by atoms with van der Waals surface area (Å²) in [6.45, 7) is 5.15. The van der Waals surface area contributed by atoms with Crippen LogP contribution in [0, 0.1) is 0 Å². The van der Waals surface area contributed by atoms with Crippen molar-refractivity contribution in [3.63, 3.8) is 0 Å². The Morgan fingerprint density at radius 3 is 2.27 bits per heavy atom. The molecule has 0 radical (unpaired) electrons. The van der Waals surface area contributed by atoms with Gasteiger partial charge in [0.1, 0.15) is 11.3 Å². The highest BCUT2D eigenvalue weighted by Gasteiger charge is 2.24. The van der Waals surface area contributed by atoms with E-state index in [1.54, 1.807) is 45.0 Å². The molecular weight excluding hydrogens is 394 g/mol. The number of ether oxygens (including phenoxy) is 5. The highest BCUT2D eigenvalue weighted by atomic mass is 16.7. The molecule has 1 heterocycles. The van der Waals surface area contributed by atoms with Crippen LogP contribution in [0.2, 0.25) is 0 Å². The molecule has 0 bridgehead atoms. The molecule has 0 aliphatic heterocycles. The predicted molar refractivity (Wildman–Crippen MR) is 107 cm³/mol. The Labute approximate surface area is 173 Å². The molecular formula is C21H25NO8. The second-order valence-electron chi connectivity index (χ2n) is 6.00. The van der Waals surface area contributed by atoms with Crippen LogP contribution in [0.1, 0.15) is 41.5 Å². The molecule has 162 valence electrons. The molecule has 1 atom stereocenters. The fraction of sp³-hybridized carbons (Fsp3) is 0.381. The lowest BCUT2D eigenvalue weighted by molar-refractivity contribution is -0.149. The minimum Gasteiger partial charge on any atom is -0.467 e. The summed E-state index contributed by atoms with van der Waals surface area (Å²) >= 11 is 0. The van der Waals surface area contributed by atoms with E-state index in [4.69, 9.17) is 23.7 Å². The summed E-state index contributed by atoms with van der Waals surface area (Å²) in [6.07, 6.45) is -0.395. The summed E-state index contributed by atoms with van der Waals surface area (Å²) in [6, 6.07) is 8.14. The lowest BCUT2D eigenvalue weighted by Crippen LogP contribution is -2.25. The maximum absolute atomic E-state index is 12.5. The molecule has 30 heavy (non-hydrogen) atoms. The first kappa shape index (κ1) is 23.1. The number of rotatable bonds is 10. The van der Waals surface area contributed by atoms with Crippen LogP contribution < -0.4 is 10.3 Å². The fourth-order valence-corrected chi connectivity index (χ4v) is 2.49. The van der Waals surface area contributed by atoms with Crippen LogP contribution in [0.3, 0.4) is 0 Å². The van der Waals surface area contributed by atoms with Gasteiger partial charge < -0.3 is 28.7 Å². The SMILES string of the molecule is CCOC(=O)c1cc(-c2ccc(OCOC(C)OC)cc2)[nH]c(=O)c1C(=O)OCC. The molecule has 1 unspecified atom stereocenters. The van der Waals surface area contributed by atoms with Gasteiger partial charge in [0.25, 0.3) is 5.56 Å². The van der Waals surface area contributed by atoms with Gasteiger partial charge in [-0.25, -0.2) is 9.59 Å². The summed E-state index contributed by atoms with van der Waals surface area (Å²) in [7, 11) is 1.53. The normalized spacial score (nSPS) is 11.6. The smallest absolute Gasteiger partial charge is 0.344 e. The first-order chi connectivity index (χ1) is 14.4. The number of hydrogen-bond donors (Lipinski definition) is 1. The van der Waals surface area contributed by atoms with Crippen molar-refractivity contribution in [3.8, 4) is 17.0 Å². The topological polar surface area (TPSA) is 113 Å². The monoisotopic (exact) mass is 419 g/mol. The Balaban J connectivity index is 2.32. The highest BCUT2D eigenvalue weighted by molar-refractivity contribution is 6.03. The molecule has 9 heteroatoms. The zero-order valence-electron chi connectivity index (χ0n) is 17.4. The Kier molecular flexibility index (Phi) is 8.57. The molecule has 2 aromatic rings. The predicted octanol–water partition coefficient (Wildman–Crippen LogP) is 2.74. The lowest BCUT2D eigenvalue weighted by Gasteiger charge is -2.13. The number of hydrogen-bond acceptors (Lipinski definition) is 8. The maximum atomic E-state index is 12.5. The summed E-state index contributed by atoms with van der Waals surface area (Å²) in [5.41, 5.74) is -0.338. The van der Waals surface area contributed by atoms with Crippen LogP contribution in [-0.2, 0) is 18.9 Å². The first-order valence-corrected chi connectivity index (χ1v) is 9.40. The van der Waals surface area contributed by atoms with Gasteiger partial charge in [0.2, 0.25) is 0 Å². The zero-order chi connectivity index (χ0) is 22.1. The number of pyridine rings is 1. The van der Waals surface area contributed by atoms with Gasteiger partial charge in [-0.1, -0.05) is 0 Å². The number of esters is 2. The van der Waals surface area contributed by atoms with Crippen LogP contribution in [0.25, 0.3) is 11.3 Å². The molecule has 2 rings (SSSR count). The van der Waals surface area contributed by atoms with E-state index in [2.05, 4.69) is 4.98 Å². The second-order valence-corrected chi connectivity index (χ2v) is 6.00. The highest BCUT2D eigenvalue weighted by Crippen LogP contribution is 2.22. The van der Waals surface area contributed by atoms with Crippen molar-refractivity contribution in [2.24, 2.45) is 0 Å². The molecule has 0 aliphatic rings. The summed E-state index contributed by atoms with van der Waals surface area (Å²) in [5, 5.41) is 0. The van der Waals surface area contributed by atoms with Crippen LogP contribution in [-0.4, -0.2) is 50.3 Å². The third-order valence-corrected chi connectivity index (χ3v) is 4.03. The Hall–Kier alpha value is -3.17. The maximum Gasteiger partial charge on any atom is 0.344 e.